The molecule has 0 aliphatic carbocycles. The molecular formula is C26H39F3N3O17P. The van der Waals surface area contributed by atoms with E-state index in [9.17, 15) is 56.2 Å². The Morgan fingerprint density at radius 2 is 1.58 bits per heavy atom. The summed E-state index contributed by atoms with van der Waals surface area (Å²) in [5.74, 6) is -13.0. The average molecular weight is 754 g/mol. The van der Waals surface area contributed by atoms with Crippen LogP contribution in [0.4, 0.5) is 13.2 Å². The second-order valence-electron chi connectivity index (χ2n) is 10.3. The van der Waals surface area contributed by atoms with Crippen LogP contribution in [0.3, 0.4) is 0 Å². The van der Waals surface area contributed by atoms with E-state index in [0.29, 0.717) is 7.11 Å². The van der Waals surface area contributed by atoms with Crippen LogP contribution in [0.25, 0.3) is 0 Å². The molecule has 24 heteroatoms. The number of halogens is 3. The molecule has 1 aliphatic rings. The molecule has 1 fully saturated rings. The summed E-state index contributed by atoms with van der Waals surface area (Å²) < 4.78 is 92.5. The molecule has 1 saturated heterocycles. The van der Waals surface area contributed by atoms with Crippen LogP contribution in [0.5, 0.6) is 0 Å². The summed E-state index contributed by atoms with van der Waals surface area (Å²) in [6.07, 6.45) is -15.8. The van der Waals surface area contributed by atoms with E-state index < -0.39 is 118 Å². The average Bonchev–Trinajstić information content (AvgIpc) is 2.96. The number of carbonyl (C=O) groups is 7. The highest BCUT2D eigenvalue weighted by Gasteiger charge is 2.62. The first-order valence-electron chi connectivity index (χ1n) is 14.5. The van der Waals surface area contributed by atoms with E-state index in [1.54, 1.807) is 6.92 Å². The zero-order chi connectivity index (χ0) is 38.6. The maximum Gasteiger partial charge on any atom is 0.474 e. The number of hydrogen-bond acceptors (Lipinski definition) is 17. The Balaban J connectivity index is 4.06. The largest absolute Gasteiger partial charge is 0.474 e. The number of carbonyl (C=O) groups excluding carboxylic acids is 7. The second-order valence-corrected chi connectivity index (χ2v) is 11.8. The van der Waals surface area contributed by atoms with Gasteiger partial charge in [-0.1, -0.05) is 6.92 Å². The van der Waals surface area contributed by atoms with Gasteiger partial charge in [-0.25, -0.2) is 13.9 Å². The van der Waals surface area contributed by atoms with E-state index in [0.717, 1.165) is 27.7 Å². The Bertz CT molecular complexity index is 1320. The highest BCUT2D eigenvalue weighted by atomic mass is 31.2. The number of phosphoric ester groups is 1. The first kappa shape index (κ1) is 44.1. The molecular weight excluding hydrogens is 714 g/mol. The van der Waals surface area contributed by atoms with Crippen LogP contribution >= 0.6 is 7.82 Å². The van der Waals surface area contributed by atoms with Crippen molar-refractivity contribution in [2.75, 3.05) is 26.8 Å². The summed E-state index contributed by atoms with van der Waals surface area (Å²) >= 11 is 0. The van der Waals surface area contributed by atoms with Crippen LogP contribution in [0.15, 0.2) is 0 Å². The third kappa shape index (κ3) is 14.2. The zero-order valence-electron chi connectivity index (χ0n) is 27.9. The van der Waals surface area contributed by atoms with Crippen LogP contribution in [-0.4, -0.2) is 122 Å². The van der Waals surface area contributed by atoms with Crippen LogP contribution in [0.1, 0.15) is 48.0 Å². The molecule has 0 spiro atoms. The lowest BCUT2D eigenvalue weighted by Gasteiger charge is -2.48. The molecule has 1 aliphatic heterocycles. The molecule has 0 saturated carbocycles. The van der Waals surface area contributed by atoms with Gasteiger partial charge in [0.25, 0.3) is 5.79 Å². The van der Waals surface area contributed by atoms with Crippen molar-refractivity contribution in [3.05, 3.63) is 0 Å². The van der Waals surface area contributed by atoms with Gasteiger partial charge in [0.05, 0.1) is 19.0 Å². The standard InChI is InChI=1S/C26H39F3N3O17P/c1-8-30-12(2)44-24(39)25(49-50(40,41)42-7)9-17(45-14(4)34)20(32-19(37)10-31-23(38)26(27,28)29)22(48-25)21(47-16(6)36)18(46-15(5)35)11-43-13(3)33/h12,17-18,20-22,30H,8-11H2,1-7H3,(H,31,38)(H,32,37)(H,40,41)/t12?,17?,18-,20-,21-,22?,25-/m1/s1. The number of ether oxygens (including phenoxy) is 6. The maximum atomic E-state index is 13.7. The molecule has 20 nitrogen and oxygen atoms in total. The Labute approximate surface area is 282 Å². The topological polar surface area (TPSA) is 267 Å². The predicted molar refractivity (Wildman–Crippen MR) is 154 cm³/mol. The molecule has 50 heavy (non-hydrogen) atoms. The molecule has 0 aromatic carbocycles. The fraction of sp³-hybridized carbons (Fsp3) is 0.731. The molecule has 0 aromatic rings. The number of hydrogen-bond donors (Lipinski definition) is 4. The smallest absolute Gasteiger partial charge is 0.462 e. The van der Waals surface area contributed by atoms with E-state index in [2.05, 4.69) is 15.2 Å². The lowest BCUT2D eigenvalue weighted by atomic mass is 9.88. The van der Waals surface area contributed by atoms with Gasteiger partial charge >= 0.3 is 49.8 Å². The van der Waals surface area contributed by atoms with E-state index in [1.807, 2.05) is 0 Å². The fourth-order valence-electron chi connectivity index (χ4n) is 4.40. The highest BCUT2D eigenvalue weighted by Crippen LogP contribution is 2.51. The van der Waals surface area contributed by atoms with Gasteiger partial charge < -0.3 is 43.9 Å². The first-order chi connectivity index (χ1) is 23.0. The molecule has 0 bridgehead atoms. The molecule has 4 unspecified atom stereocenters. The molecule has 1 rings (SSSR count). The molecule has 1 heterocycles. The highest BCUT2D eigenvalue weighted by molar-refractivity contribution is 7.47. The van der Waals surface area contributed by atoms with E-state index in [-0.39, 0.29) is 6.54 Å². The van der Waals surface area contributed by atoms with Crippen LogP contribution in [0, 0.1) is 0 Å². The van der Waals surface area contributed by atoms with Crippen LogP contribution in [0.2, 0.25) is 0 Å². The third-order valence-corrected chi connectivity index (χ3v) is 7.19. The Morgan fingerprint density at radius 3 is 2.06 bits per heavy atom. The van der Waals surface area contributed by atoms with E-state index >= 15 is 0 Å². The third-order valence-electron chi connectivity index (χ3n) is 6.20. The fourth-order valence-corrected chi connectivity index (χ4v) is 5.04. The number of esters is 5. The predicted octanol–water partition coefficient (Wildman–Crippen LogP) is -0.745. The minimum Gasteiger partial charge on any atom is -0.462 e. The van der Waals surface area contributed by atoms with Crippen molar-refractivity contribution >= 4 is 49.5 Å². The molecule has 2 amide bonds. The van der Waals surface area contributed by atoms with Crippen LogP contribution in [-0.2, 0) is 75.6 Å². The summed E-state index contributed by atoms with van der Waals surface area (Å²) in [7, 11) is -4.62. The summed E-state index contributed by atoms with van der Waals surface area (Å²) in [5, 5.41) is 6.13. The lowest BCUT2D eigenvalue weighted by molar-refractivity contribution is -0.295. The second kappa shape index (κ2) is 18.9. The van der Waals surface area contributed by atoms with Gasteiger partial charge in [-0.2, -0.15) is 13.2 Å². The van der Waals surface area contributed by atoms with Gasteiger partial charge in [-0.05, 0) is 13.5 Å². The number of phosphoric acid groups is 1. The summed E-state index contributed by atoms with van der Waals surface area (Å²) in [6.45, 7) is 4.42. The van der Waals surface area contributed by atoms with Gasteiger partial charge in [-0.3, -0.25) is 38.6 Å². The minimum absolute atomic E-state index is 0.228. The number of nitrogens with one attached hydrogen (secondary N) is 3. The van der Waals surface area contributed by atoms with Crippen molar-refractivity contribution in [1.82, 2.24) is 16.0 Å². The number of rotatable bonds is 17. The SMILES string of the molecule is CCNC(C)OC(=O)[C@]1(OP(=O)(O)OC)CC(OC(C)=O)[C@@H](NC(=O)CNC(=O)C(F)(F)F)C([C@H](OC(C)=O)[C@@H](COC(C)=O)OC(C)=O)O1. The quantitative estimate of drug-likeness (QED) is 0.0616. The van der Waals surface area contributed by atoms with Crippen molar-refractivity contribution in [3.63, 3.8) is 0 Å². The normalized spacial score (nSPS) is 23.5. The number of alkyl halides is 3. The molecule has 8 atom stereocenters. The van der Waals surface area contributed by atoms with Gasteiger partial charge in [-0.15, -0.1) is 0 Å². The van der Waals surface area contributed by atoms with Crippen LogP contribution < -0.4 is 16.0 Å². The minimum atomic E-state index is -5.40. The Kier molecular flexibility index (Phi) is 16.7. The van der Waals surface area contributed by atoms with Gasteiger partial charge in [0.15, 0.2) is 18.4 Å². The maximum absolute atomic E-state index is 13.7. The Hall–Kier alpha value is -3.89. The number of amides is 2. The van der Waals surface area contributed by atoms with Gasteiger partial charge in [0.2, 0.25) is 5.91 Å². The Morgan fingerprint density at radius 1 is 0.980 bits per heavy atom. The van der Waals surface area contributed by atoms with E-state index in [4.69, 9.17) is 32.9 Å². The summed E-state index contributed by atoms with van der Waals surface area (Å²) in [6, 6.07) is -1.94. The molecule has 4 N–H and O–H groups in total. The van der Waals surface area contributed by atoms with Gasteiger partial charge in [0.1, 0.15) is 18.8 Å². The molecule has 286 valence electrons. The summed E-state index contributed by atoms with van der Waals surface area (Å²) in [5.41, 5.74) is 0. The van der Waals surface area contributed by atoms with Crippen molar-refractivity contribution in [1.29, 1.82) is 0 Å². The first-order valence-corrected chi connectivity index (χ1v) is 16.0. The van der Waals surface area contributed by atoms with Crippen molar-refractivity contribution in [2.45, 2.75) is 96.6 Å². The monoisotopic (exact) mass is 753 g/mol. The van der Waals surface area contributed by atoms with Crippen molar-refractivity contribution < 1.29 is 93.7 Å². The summed E-state index contributed by atoms with van der Waals surface area (Å²) in [4.78, 5) is 96.8. The molecule has 0 aromatic heterocycles. The zero-order valence-corrected chi connectivity index (χ0v) is 28.7. The van der Waals surface area contributed by atoms with E-state index in [1.165, 1.54) is 12.2 Å². The van der Waals surface area contributed by atoms with Gasteiger partial charge in [0, 0.05) is 34.8 Å². The van der Waals surface area contributed by atoms with Crippen molar-refractivity contribution in [2.24, 2.45) is 0 Å². The van der Waals surface area contributed by atoms with Crippen molar-refractivity contribution in [3.8, 4) is 0 Å². The molecule has 0 radical (unpaired) electrons. The lowest BCUT2D eigenvalue weighted by Crippen LogP contribution is -2.70.